The Morgan fingerprint density at radius 3 is 1.46 bits per heavy atom. The normalized spacial score (nSPS) is 9.88. The first-order valence-corrected chi connectivity index (χ1v) is 7.23. The van der Waals surface area contributed by atoms with E-state index in [-0.39, 0.29) is 10.7 Å². The van der Waals surface area contributed by atoms with Crippen molar-refractivity contribution >= 4 is 52.8 Å². The fourth-order valence-corrected chi connectivity index (χ4v) is 2.04. The zero-order chi connectivity index (χ0) is 17.5. The van der Waals surface area contributed by atoms with Gasteiger partial charge in [-0.25, -0.2) is 0 Å². The Morgan fingerprint density at radius 2 is 1.12 bits per heavy atom. The zero-order valence-electron chi connectivity index (χ0n) is 11.9. The highest BCUT2D eigenvalue weighted by molar-refractivity contribution is 6.31. The van der Waals surface area contributed by atoms with Gasteiger partial charge in [-0.05, 0) is 47.5 Å². The summed E-state index contributed by atoms with van der Waals surface area (Å²) in [6.45, 7) is 0. The van der Waals surface area contributed by atoms with E-state index < -0.39 is 7.40 Å². The molecule has 124 valence electrons. The van der Waals surface area contributed by atoms with Gasteiger partial charge in [-0.1, -0.05) is 24.3 Å². The number of aromatic nitrogens is 2. The first kappa shape index (κ1) is 18.2. The van der Waals surface area contributed by atoms with Gasteiger partial charge in [0, 0.05) is 0 Å². The summed E-state index contributed by atoms with van der Waals surface area (Å²) in [5, 5.41) is 14.3. The Morgan fingerprint density at radius 1 is 0.792 bits per heavy atom. The van der Waals surface area contributed by atoms with Crippen molar-refractivity contribution < 1.29 is 23.2 Å². The van der Waals surface area contributed by atoms with E-state index in [1.165, 1.54) is 0 Å². The number of para-hydroxylation sites is 4. The van der Waals surface area contributed by atoms with Crippen LogP contribution in [0.25, 0.3) is 22.2 Å². The maximum absolute atomic E-state index is 10.1. The number of fused-ring (bicyclic) bond motifs is 2. The molecule has 10 heteroatoms. The molecule has 2 heterocycles. The van der Waals surface area contributed by atoms with Crippen LogP contribution in [-0.4, -0.2) is 27.4 Å². The van der Waals surface area contributed by atoms with Crippen LogP contribution < -0.4 is 0 Å². The van der Waals surface area contributed by atoms with Gasteiger partial charge in [0.05, 0.1) is 0 Å². The maximum atomic E-state index is 10.1. The van der Waals surface area contributed by atoms with Gasteiger partial charge >= 0.3 is 7.40 Å². The lowest BCUT2D eigenvalue weighted by Gasteiger charge is -1.79. The van der Waals surface area contributed by atoms with Crippen molar-refractivity contribution in [1.29, 1.82) is 0 Å². The minimum Gasteiger partial charge on any atom is -0.428 e. The summed E-state index contributed by atoms with van der Waals surface area (Å²) in [6, 6.07) is 14.9. The second kappa shape index (κ2) is 8.65. The number of oxazole rings is 2. The maximum Gasteiger partial charge on any atom is 0.674 e. The second-order valence-corrected chi connectivity index (χ2v) is 4.83. The van der Waals surface area contributed by atoms with E-state index in [0.717, 1.165) is 22.2 Å². The Bertz CT molecular complexity index is 775. The van der Waals surface area contributed by atoms with Gasteiger partial charge in [-0.2, -0.15) is 9.97 Å². The van der Waals surface area contributed by atoms with Crippen molar-refractivity contribution in [1.82, 2.24) is 9.97 Å². The molecule has 4 aromatic rings. The molecule has 0 bridgehead atoms. The van der Waals surface area contributed by atoms with Crippen LogP contribution >= 0.6 is 23.2 Å². The molecule has 2 N–H and O–H groups in total. The molecule has 0 fully saturated rings. The SMILES string of the molecule is Clc1nc2ccccc2o1.Clc1nc2ccccc2o1.OB(O)F. The number of hydrogen-bond acceptors (Lipinski definition) is 6. The lowest BCUT2D eigenvalue weighted by atomic mass is 10.3. The highest BCUT2D eigenvalue weighted by Gasteiger charge is 2.00. The second-order valence-electron chi connectivity index (χ2n) is 4.18. The minimum absolute atomic E-state index is 0.196. The highest BCUT2D eigenvalue weighted by atomic mass is 35.5. The predicted octanol–water partition coefficient (Wildman–Crippen LogP) is 3.89. The van der Waals surface area contributed by atoms with E-state index in [9.17, 15) is 4.32 Å². The standard InChI is InChI=1S/2C7H4ClNO.BFH2O2/c2*8-7-9-5-3-1-2-4-6(5)10-7;2-1(3)4/h2*1-4H;3-4H. The first-order valence-electron chi connectivity index (χ1n) is 6.48. The number of halogens is 3. The van der Waals surface area contributed by atoms with E-state index in [1.807, 2.05) is 48.5 Å². The third-order valence-corrected chi connectivity index (χ3v) is 2.86. The summed E-state index contributed by atoms with van der Waals surface area (Å²) in [6.07, 6.45) is 0. The molecule has 0 spiro atoms. The molecule has 0 radical (unpaired) electrons. The molecule has 2 aromatic heterocycles. The molecule has 0 atom stereocenters. The van der Waals surface area contributed by atoms with E-state index in [4.69, 9.17) is 42.1 Å². The smallest absolute Gasteiger partial charge is 0.428 e. The number of hydrogen-bond donors (Lipinski definition) is 2. The van der Waals surface area contributed by atoms with Crippen LogP contribution in [-0.2, 0) is 0 Å². The quantitative estimate of drug-likeness (QED) is 0.456. The Balaban J connectivity index is 0.000000143. The summed E-state index contributed by atoms with van der Waals surface area (Å²) in [4.78, 5) is 7.82. The van der Waals surface area contributed by atoms with Gasteiger partial charge in [0.2, 0.25) is 0 Å². The largest absolute Gasteiger partial charge is 0.674 e. The fourth-order valence-electron chi connectivity index (χ4n) is 1.69. The molecule has 0 saturated heterocycles. The summed E-state index contributed by atoms with van der Waals surface area (Å²) < 4.78 is 20.2. The average Bonchev–Trinajstić information content (AvgIpc) is 3.07. The lowest BCUT2D eigenvalue weighted by molar-refractivity contribution is 0.340. The Kier molecular flexibility index (Phi) is 6.57. The number of rotatable bonds is 0. The van der Waals surface area contributed by atoms with Crippen LogP contribution in [0, 0.1) is 0 Å². The molecule has 0 amide bonds. The number of benzene rings is 2. The Hall–Kier alpha value is -2.13. The summed E-state index contributed by atoms with van der Waals surface area (Å²) in [5.74, 6) is 0. The van der Waals surface area contributed by atoms with Crippen molar-refractivity contribution in [3.05, 3.63) is 59.2 Å². The Labute approximate surface area is 145 Å². The van der Waals surface area contributed by atoms with Gasteiger partial charge in [0.15, 0.2) is 11.2 Å². The first-order chi connectivity index (χ1) is 11.5. The molecular formula is C14H10BCl2FN2O4. The van der Waals surface area contributed by atoms with Crippen LogP contribution in [0.1, 0.15) is 0 Å². The molecule has 0 aliphatic carbocycles. The van der Waals surface area contributed by atoms with Crippen LogP contribution in [0.3, 0.4) is 0 Å². The average molecular weight is 371 g/mol. The van der Waals surface area contributed by atoms with Crippen molar-refractivity contribution in [2.45, 2.75) is 0 Å². The van der Waals surface area contributed by atoms with E-state index >= 15 is 0 Å². The van der Waals surface area contributed by atoms with Gasteiger partial charge in [-0.15, -0.1) is 0 Å². The van der Waals surface area contributed by atoms with E-state index in [1.54, 1.807) is 0 Å². The van der Waals surface area contributed by atoms with Crippen molar-refractivity contribution in [2.24, 2.45) is 0 Å². The molecule has 6 nitrogen and oxygen atoms in total. The monoisotopic (exact) mass is 370 g/mol. The molecule has 0 aliphatic heterocycles. The van der Waals surface area contributed by atoms with Gasteiger partial charge < -0.3 is 18.9 Å². The highest BCUT2D eigenvalue weighted by Crippen LogP contribution is 2.18. The summed E-state index contributed by atoms with van der Waals surface area (Å²) in [7, 11) is -2.67. The fraction of sp³-hybridized carbons (Fsp3) is 0. The number of nitrogens with zero attached hydrogens (tertiary/aromatic N) is 2. The van der Waals surface area contributed by atoms with Crippen LogP contribution in [0.15, 0.2) is 57.4 Å². The third-order valence-electron chi connectivity index (χ3n) is 2.54. The van der Waals surface area contributed by atoms with Crippen molar-refractivity contribution in [3.63, 3.8) is 0 Å². The molecule has 24 heavy (non-hydrogen) atoms. The molecular weight excluding hydrogens is 361 g/mol. The minimum atomic E-state index is -2.67. The summed E-state index contributed by atoms with van der Waals surface area (Å²) >= 11 is 11.0. The summed E-state index contributed by atoms with van der Waals surface area (Å²) in [5.41, 5.74) is 3.06. The van der Waals surface area contributed by atoms with Gasteiger partial charge in [0.25, 0.3) is 10.7 Å². The van der Waals surface area contributed by atoms with Gasteiger partial charge in [-0.3, -0.25) is 4.32 Å². The van der Waals surface area contributed by atoms with Crippen LogP contribution in [0.2, 0.25) is 10.7 Å². The van der Waals surface area contributed by atoms with Crippen LogP contribution in [0.5, 0.6) is 0 Å². The van der Waals surface area contributed by atoms with Gasteiger partial charge in [0.1, 0.15) is 11.0 Å². The predicted molar refractivity (Wildman–Crippen MR) is 89.3 cm³/mol. The third kappa shape index (κ3) is 5.50. The molecule has 2 aromatic carbocycles. The molecule has 0 unspecified atom stereocenters. The molecule has 0 saturated carbocycles. The van der Waals surface area contributed by atoms with Crippen molar-refractivity contribution in [2.75, 3.05) is 0 Å². The molecule has 0 aliphatic rings. The van der Waals surface area contributed by atoms with Crippen molar-refractivity contribution in [3.8, 4) is 0 Å². The lowest BCUT2D eigenvalue weighted by Crippen LogP contribution is -1.98. The zero-order valence-corrected chi connectivity index (χ0v) is 13.4. The van der Waals surface area contributed by atoms with E-state index in [0.29, 0.717) is 0 Å². The topological polar surface area (TPSA) is 92.5 Å². The van der Waals surface area contributed by atoms with E-state index in [2.05, 4.69) is 9.97 Å². The van der Waals surface area contributed by atoms with Crippen LogP contribution in [0.4, 0.5) is 4.32 Å². The molecule has 4 rings (SSSR count).